The van der Waals surface area contributed by atoms with Gasteiger partial charge < -0.3 is 23.7 Å². The van der Waals surface area contributed by atoms with Gasteiger partial charge in [-0.3, -0.25) is 4.79 Å². The molecule has 0 aromatic carbocycles. The molecule has 1 saturated heterocycles. The molecule has 3 aromatic rings. The lowest BCUT2D eigenvalue weighted by molar-refractivity contribution is -0.0297. The first kappa shape index (κ1) is 23.4. The lowest BCUT2D eigenvalue weighted by Crippen LogP contribution is -2.51. The van der Waals surface area contributed by atoms with Gasteiger partial charge in [0.15, 0.2) is 0 Å². The summed E-state index contributed by atoms with van der Waals surface area (Å²) in [5.41, 5.74) is 2.14. The highest BCUT2D eigenvalue weighted by Gasteiger charge is 2.33. The second-order valence-corrected chi connectivity index (χ2v) is 8.35. The maximum absolute atomic E-state index is 12.6. The zero-order valence-corrected chi connectivity index (χ0v) is 19.8. The van der Waals surface area contributed by atoms with Gasteiger partial charge in [0.1, 0.15) is 29.5 Å². The minimum absolute atomic E-state index is 0.0114. The van der Waals surface area contributed by atoms with Crippen molar-refractivity contribution in [2.24, 2.45) is 7.05 Å². The summed E-state index contributed by atoms with van der Waals surface area (Å²) in [6, 6.07) is 7.02. The van der Waals surface area contributed by atoms with Gasteiger partial charge in [-0.25, -0.2) is 15.0 Å². The van der Waals surface area contributed by atoms with Gasteiger partial charge in [-0.15, -0.1) is 0 Å². The molecule has 4 rings (SSSR count). The molecule has 0 unspecified atom stereocenters. The van der Waals surface area contributed by atoms with Gasteiger partial charge in [-0.2, -0.15) is 5.26 Å². The first-order chi connectivity index (χ1) is 16.4. The van der Waals surface area contributed by atoms with E-state index in [0.29, 0.717) is 60.3 Å². The summed E-state index contributed by atoms with van der Waals surface area (Å²) >= 11 is 0. The zero-order valence-electron chi connectivity index (χ0n) is 19.8. The quantitative estimate of drug-likeness (QED) is 0.520. The molecule has 1 aliphatic rings. The fraction of sp³-hybridized carbons (Fsp3) is 0.458. The van der Waals surface area contributed by atoms with Gasteiger partial charge in [0.05, 0.1) is 29.7 Å². The van der Waals surface area contributed by atoms with Crippen molar-refractivity contribution in [3.63, 3.8) is 0 Å². The smallest absolute Gasteiger partial charge is 0.252 e. The van der Waals surface area contributed by atoms with Crippen LogP contribution in [0.4, 0.5) is 5.69 Å². The number of nitrogens with zero attached hydrogens (tertiary/aromatic N) is 6. The Balaban J connectivity index is 1.58. The Morgan fingerprint density at radius 3 is 2.65 bits per heavy atom. The Labute approximate surface area is 197 Å². The standard InChI is InChI=1S/C24H28N6O4/c1-5-32-20-14-30(9-8-19(20)34-22-13-26-21(12-27-22)33-15(2)3)18-10-23(31)29(4)17-7-6-16(11-25)28-24(17)18/h6-7,10,12-13,15,19-20H,5,8-9,14H2,1-4H3/t19-,20-/m0/s1. The van der Waals surface area contributed by atoms with Crippen LogP contribution in [-0.4, -0.2) is 57.5 Å². The molecule has 0 aliphatic carbocycles. The molecular weight excluding hydrogens is 436 g/mol. The zero-order chi connectivity index (χ0) is 24.2. The first-order valence-corrected chi connectivity index (χ1v) is 11.3. The Morgan fingerprint density at radius 1 is 1.21 bits per heavy atom. The van der Waals surface area contributed by atoms with Crippen LogP contribution in [0.15, 0.2) is 35.4 Å². The molecule has 0 spiro atoms. The number of hydrogen-bond donors (Lipinski definition) is 0. The van der Waals surface area contributed by atoms with Crippen LogP contribution in [0.1, 0.15) is 32.9 Å². The fourth-order valence-corrected chi connectivity index (χ4v) is 4.06. The third-order valence-corrected chi connectivity index (χ3v) is 5.64. The van der Waals surface area contributed by atoms with Crippen LogP contribution in [-0.2, 0) is 11.8 Å². The molecule has 1 fully saturated rings. The number of hydrogen-bond acceptors (Lipinski definition) is 9. The molecule has 178 valence electrons. The predicted molar refractivity (Wildman–Crippen MR) is 126 cm³/mol. The summed E-state index contributed by atoms with van der Waals surface area (Å²) in [7, 11) is 1.70. The monoisotopic (exact) mass is 464 g/mol. The average molecular weight is 465 g/mol. The molecule has 4 heterocycles. The normalized spacial score (nSPS) is 18.2. The SMILES string of the molecule is CCO[C@H]1CN(c2cc(=O)n(C)c3ccc(C#N)nc23)CC[C@@H]1Oc1cnc(OC(C)C)cn1. The van der Waals surface area contributed by atoms with E-state index < -0.39 is 0 Å². The Kier molecular flexibility index (Phi) is 6.93. The van der Waals surface area contributed by atoms with Gasteiger partial charge in [-0.05, 0) is 32.9 Å². The summed E-state index contributed by atoms with van der Waals surface area (Å²) in [5, 5.41) is 9.32. The van der Waals surface area contributed by atoms with Crippen LogP contribution in [0.2, 0.25) is 0 Å². The third-order valence-electron chi connectivity index (χ3n) is 5.64. The first-order valence-electron chi connectivity index (χ1n) is 11.3. The van der Waals surface area contributed by atoms with Gasteiger partial charge in [0.25, 0.3) is 5.56 Å². The molecule has 10 heteroatoms. The molecule has 10 nitrogen and oxygen atoms in total. The number of fused-ring (bicyclic) bond motifs is 1. The number of pyridine rings is 2. The highest BCUT2D eigenvalue weighted by Crippen LogP contribution is 2.29. The number of ether oxygens (including phenoxy) is 3. The highest BCUT2D eigenvalue weighted by atomic mass is 16.5. The Hall–Kier alpha value is -3.71. The van der Waals surface area contributed by atoms with Crippen molar-refractivity contribution in [1.29, 1.82) is 5.26 Å². The number of rotatable bonds is 7. The summed E-state index contributed by atoms with van der Waals surface area (Å²) < 4.78 is 19.2. The molecule has 34 heavy (non-hydrogen) atoms. The second kappa shape index (κ2) is 10.1. The lowest BCUT2D eigenvalue weighted by atomic mass is 10.0. The minimum atomic E-state index is -0.259. The molecule has 0 bridgehead atoms. The van der Waals surface area contributed by atoms with E-state index >= 15 is 0 Å². The topological polar surface area (TPSA) is 115 Å². The van der Waals surface area contributed by atoms with E-state index in [1.807, 2.05) is 20.8 Å². The van der Waals surface area contributed by atoms with Crippen molar-refractivity contribution >= 4 is 16.7 Å². The van der Waals surface area contributed by atoms with E-state index in [0.717, 1.165) is 0 Å². The van der Waals surface area contributed by atoms with Crippen molar-refractivity contribution in [3.05, 3.63) is 46.6 Å². The van der Waals surface area contributed by atoms with Crippen LogP contribution in [0, 0.1) is 11.3 Å². The largest absolute Gasteiger partial charge is 0.474 e. The van der Waals surface area contributed by atoms with Gasteiger partial charge in [0, 0.05) is 39.2 Å². The van der Waals surface area contributed by atoms with Crippen LogP contribution < -0.4 is 19.9 Å². The van der Waals surface area contributed by atoms with Crippen molar-refractivity contribution in [3.8, 4) is 17.8 Å². The van der Waals surface area contributed by atoms with E-state index in [2.05, 4.69) is 25.9 Å². The van der Waals surface area contributed by atoms with Crippen LogP contribution in [0.3, 0.4) is 0 Å². The van der Waals surface area contributed by atoms with Crippen molar-refractivity contribution in [2.75, 3.05) is 24.6 Å². The van der Waals surface area contributed by atoms with E-state index in [-0.39, 0.29) is 23.9 Å². The molecule has 0 saturated carbocycles. The van der Waals surface area contributed by atoms with Crippen molar-refractivity contribution in [1.82, 2.24) is 19.5 Å². The molecule has 3 aromatic heterocycles. The van der Waals surface area contributed by atoms with Gasteiger partial charge in [0.2, 0.25) is 11.8 Å². The second-order valence-electron chi connectivity index (χ2n) is 8.35. The Morgan fingerprint density at radius 2 is 1.97 bits per heavy atom. The van der Waals surface area contributed by atoms with Crippen molar-refractivity contribution in [2.45, 2.75) is 45.5 Å². The van der Waals surface area contributed by atoms with E-state index in [1.165, 1.54) is 4.57 Å². The number of nitriles is 1. The number of anilines is 1. The molecular formula is C24H28N6O4. The van der Waals surface area contributed by atoms with Crippen LogP contribution in [0.5, 0.6) is 11.8 Å². The summed E-state index contributed by atoms with van der Waals surface area (Å²) in [6.45, 7) is 7.42. The summed E-state index contributed by atoms with van der Waals surface area (Å²) in [6.07, 6.45) is 3.26. The maximum Gasteiger partial charge on any atom is 0.252 e. The minimum Gasteiger partial charge on any atom is -0.474 e. The molecule has 2 atom stereocenters. The van der Waals surface area contributed by atoms with Crippen LogP contribution in [0.25, 0.3) is 11.0 Å². The van der Waals surface area contributed by atoms with Crippen molar-refractivity contribution < 1.29 is 14.2 Å². The summed E-state index contributed by atoms with van der Waals surface area (Å²) in [4.78, 5) is 27.8. The van der Waals surface area contributed by atoms with E-state index in [1.54, 1.807) is 37.6 Å². The van der Waals surface area contributed by atoms with E-state index in [9.17, 15) is 10.1 Å². The number of aryl methyl sites for hydroxylation is 1. The predicted octanol–water partition coefficient (Wildman–Crippen LogP) is 2.45. The Bertz CT molecular complexity index is 1250. The number of piperidine rings is 1. The number of aromatic nitrogens is 4. The summed E-state index contributed by atoms with van der Waals surface area (Å²) in [5.74, 6) is 0.846. The van der Waals surface area contributed by atoms with Gasteiger partial charge in [-0.1, -0.05) is 0 Å². The maximum atomic E-state index is 12.6. The van der Waals surface area contributed by atoms with Crippen LogP contribution >= 0.6 is 0 Å². The molecule has 0 N–H and O–H groups in total. The van der Waals surface area contributed by atoms with E-state index in [4.69, 9.17) is 14.2 Å². The van der Waals surface area contributed by atoms with Gasteiger partial charge >= 0.3 is 0 Å². The lowest BCUT2D eigenvalue weighted by Gasteiger charge is -2.39. The highest BCUT2D eigenvalue weighted by molar-refractivity contribution is 5.88. The molecule has 1 aliphatic heterocycles. The molecule has 0 radical (unpaired) electrons. The molecule has 0 amide bonds. The third kappa shape index (κ3) is 4.94. The average Bonchev–Trinajstić information content (AvgIpc) is 2.83. The fourth-order valence-electron chi connectivity index (χ4n) is 4.06.